The van der Waals surface area contributed by atoms with Crippen molar-refractivity contribution in [2.24, 2.45) is 0 Å². The molecule has 4 nitrogen and oxygen atoms in total. The van der Waals surface area contributed by atoms with E-state index in [4.69, 9.17) is 11.6 Å². The van der Waals surface area contributed by atoms with Gasteiger partial charge in [0.15, 0.2) is 0 Å². The molecule has 0 aliphatic rings. The van der Waals surface area contributed by atoms with Gasteiger partial charge in [0.1, 0.15) is 0 Å². The maximum atomic E-state index is 12.0. The van der Waals surface area contributed by atoms with Crippen LogP contribution in [0.2, 0.25) is 5.02 Å². The highest BCUT2D eigenvalue weighted by Gasteiger charge is 2.02. The van der Waals surface area contributed by atoms with Crippen LogP contribution in [0.15, 0.2) is 73.1 Å². The maximum absolute atomic E-state index is 12.0. The second-order valence-electron chi connectivity index (χ2n) is 6.35. The fourth-order valence-corrected chi connectivity index (χ4v) is 2.88. The molecule has 2 aromatic carbocycles. The molecule has 5 heteroatoms. The number of urea groups is 1. The summed E-state index contributed by atoms with van der Waals surface area (Å²) < 4.78 is 0. The molecule has 0 spiro atoms. The molecule has 0 bridgehead atoms. The van der Waals surface area contributed by atoms with Gasteiger partial charge in [-0.2, -0.15) is 0 Å². The number of rotatable bonds is 7. The molecule has 1 aromatic heterocycles. The van der Waals surface area contributed by atoms with Crippen LogP contribution in [0.5, 0.6) is 0 Å². The molecule has 138 valence electrons. The fraction of sp³-hybridized carbons (Fsp3) is 0.182. The van der Waals surface area contributed by atoms with Crippen molar-refractivity contribution in [1.29, 1.82) is 0 Å². The molecule has 3 rings (SSSR count). The normalized spacial score (nSPS) is 10.4. The van der Waals surface area contributed by atoms with Gasteiger partial charge in [-0.1, -0.05) is 41.9 Å². The number of benzene rings is 2. The summed E-state index contributed by atoms with van der Waals surface area (Å²) in [4.78, 5) is 16.1. The smallest absolute Gasteiger partial charge is 0.319 e. The summed E-state index contributed by atoms with van der Waals surface area (Å²) in [6.45, 7) is 0.454. The van der Waals surface area contributed by atoms with Gasteiger partial charge >= 0.3 is 6.03 Å². The van der Waals surface area contributed by atoms with E-state index in [1.54, 1.807) is 6.20 Å². The summed E-state index contributed by atoms with van der Waals surface area (Å²) in [6.07, 6.45) is 6.79. The number of carbonyl (C=O) groups excluding carboxylic acids is 1. The topological polar surface area (TPSA) is 54.0 Å². The van der Waals surface area contributed by atoms with Gasteiger partial charge in [0.2, 0.25) is 0 Å². The van der Waals surface area contributed by atoms with E-state index < -0.39 is 0 Å². The summed E-state index contributed by atoms with van der Waals surface area (Å²) in [7, 11) is 0. The molecule has 0 saturated heterocycles. The van der Waals surface area contributed by atoms with Crippen molar-refractivity contribution in [2.45, 2.75) is 25.8 Å². The van der Waals surface area contributed by atoms with Gasteiger partial charge in [-0.25, -0.2) is 4.79 Å². The zero-order chi connectivity index (χ0) is 18.9. The Balaban J connectivity index is 1.41. The highest BCUT2D eigenvalue weighted by Crippen LogP contribution is 2.13. The zero-order valence-corrected chi connectivity index (χ0v) is 15.7. The summed E-state index contributed by atoms with van der Waals surface area (Å²) in [6, 6.07) is 19.2. The molecule has 0 atom stereocenters. The van der Waals surface area contributed by atoms with Crippen molar-refractivity contribution in [1.82, 2.24) is 10.3 Å². The lowest BCUT2D eigenvalue weighted by atomic mass is 10.0. The van der Waals surface area contributed by atoms with E-state index in [1.807, 2.05) is 48.7 Å². The Morgan fingerprint density at radius 1 is 0.889 bits per heavy atom. The minimum atomic E-state index is -0.228. The molecule has 0 saturated carbocycles. The van der Waals surface area contributed by atoms with Crippen molar-refractivity contribution < 1.29 is 4.79 Å². The van der Waals surface area contributed by atoms with Gasteiger partial charge in [0.05, 0.1) is 0 Å². The first kappa shape index (κ1) is 18.9. The van der Waals surface area contributed by atoms with Crippen LogP contribution in [0.4, 0.5) is 10.5 Å². The van der Waals surface area contributed by atoms with E-state index in [1.165, 1.54) is 11.1 Å². The van der Waals surface area contributed by atoms with E-state index in [0.717, 1.165) is 30.5 Å². The quantitative estimate of drug-likeness (QED) is 0.590. The maximum Gasteiger partial charge on any atom is 0.319 e. The molecular formula is C22H22ClN3O. The number of nitrogens with zero attached hydrogens (tertiary/aromatic N) is 1. The average Bonchev–Trinajstić information content (AvgIpc) is 2.70. The van der Waals surface area contributed by atoms with Crippen LogP contribution in [0.3, 0.4) is 0 Å². The number of anilines is 1. The first-order chi connectivity index (χ1) is 13.2. The highest BCUT2D eigenvalue weighted by molar-refractivity contribution is 6.30. The number of hydrogen-bond acceptors (Lipinski definition) is 2. The molecular weight excluding hydrogens is 358 g/mol. The molecule has 0 unspecified atom stereocenters. The van der Waals surface area contributed by atoms with E-state index in [9.17, 15) is 4.79 Å². The summed E-state index contributed by atoms with van der Waals surface area (Å²) in [5.74, 6) is 0. The number of carbonyl (C=O) groups is 1. The third kappa shape index (κ3) is 6.42. The number of hydrogen-bond donors (Lipinski definition) is 2. The van der Waals surface area contributed by atoms with Gasteiger partial charge in [0.25, 0.3) is 0 Å². The summed E-state index contributed by atoms with van der Waals surface area (Å²) in [5.41, 5.74) is 4.29. The number of pyridine rings is 1. The second-order valence-corrected chi connectivity index (χ2v) is 6.78. The lowest BCUT2D eigenvalue weighted by Crippen LogP contribution is -2.28. The van der Waals surface area contributed by atoms with E-state index in [2.05, 4.69) is 33.8 Å². The Morgan fingerprint density at radius 2 is 1.59 bits per heavy atom. The number of aryl methyl sites for hydroxylation is 2. The van der Waals surface area contributed by atoms with Gasteiger partial charge in [-0.05, 0) is 66.3 Å². The molecule has 0 aliphatic heterocycles. The fourth-order valence-electron chi connectivity index (χ4n) is 2.76. The molecule has 27 heavy (non-hydrogen) atoms. The molecule has 0 aliphatic carbocycles. The molecule has 1 heterocycles. The van der Waals surface area contributed by atoms with Crippen molar-refractivity contribution in [2.75, 3.05) is 5.32 Å². The monoisotopic (exact) mass is 379 g/mol. The Kier molecular flexibility index (Phi) is 6.83. The van der Waals surface area contributed by atoms with Crippen molar-refractivity contribution in [3.05, 3.63) is 94.8 Å². The van der Waals surface area contributed by atoms with Crippen LogP contribution in [0.25, 0.3) is 0 Å². The van der Waals surface area contributed by atoms with E-state index in [0.29, 0.717) is 11.6 Å². The molecule has 3 aromatic rings. The Bertz CT molecular complexity index is 849. The third-order valence-corrected chi connectivity index (χ3v) is 4.48. The van der Waals surface area contributed by atoms with Crippen LogP contribution in [0.1, 0.15) is 23.1 Å². The Morgan fingerprint density at radius 3 is 2.30 bits per heavy atom. The van der Waals surface area contributed by atoms with Crippen molar-refractivity contribution in [3.63, 3.8) is 0 Å². The zero-order valence-electron chi connectivity index (χ0n) is 15.0. The second kappa shape index (κ2) is 9.74. The van der Waals surface area contributed by atoms with Gasteiger partial charge in [-0.3, -0.25) is 4.98 Å². The number of aromatic nitrogens is 1. The number of halogens is 1. The minimum absolute atomic E-state index is 0.228. The summed E-state index contributed by atoms with van der Waals surface area (Å²) in [5, 5.41) is 6.37. The van der Waals surface area contributed by atoms with Crippen LogP contribution in [0, 0.1) is 0 Å². The van der Waals surface area contributed by atoms with Crippen LogP contribution < -0.4 is 10.6 Å². The van der Waals surface area contributed by atoms with E-state index >= 15 is 0 Å². The minimum Gasteiger partial charge on any atom is -0.334 e. The lowest BCUT2D eigenvalue weighted by Gasteiger charge is -2.09. The molecule has 2 N–H and O–H groups in total. The average molecular weight is 380 g/mol. The van der Waals surface area contributed by atoms with Crippen molar-refractivity contribution >= 4 is 23.3 Å². The summed E-state index contributed by atoms with van der Waals surface area (Å²) >= 11 is 5.85. The first-order valence-corrected chi connectivity index (χ1v) is 9.34. The van der Waals surface area contributed by atoms with E-state index in [-0.39, 0.29) is 6.03 Å². The number of nitrogens with one attached hydrogen (secondary N) is 2. The standard InChI is InChI=1S/C22H22ClN3O/c23-20-10-6-19(7-11-20)16-25-22(27)26-21-12-8-17(9-13-21)3-1-4-18-5-2-14-24-15-18/h2,5-15H,1,3-4,16H2,(H2,25,26,27). The van der Waals surface area contributed by atoms with Crippen LogP contribution >= 0.6 is 11.6 Å². The number of amides is 2. The van der Waals surface area contributed by atoms with Crippen LogP contribution in [-0.4, -0.2) is 11.0 Å². The van der Waals surface area contributed by atoms with Gasteiger partial charge in [-0.15, -0.1) is 0 Å². The lowest BCUT2D eigenvalue weighted by molar-refractivity contribution is 0.251. The molecule has 2 amide bonds. The third-order valence-electron chi connectivity index (χ3n) is 4.23. The first-order valence-electron chi connectivity index (χ1n) is 8.96. The molecule has 0 fully saturated rings. The van der Waals surface area contributed by atoms with Gasteiger partial charge < -0.3 is 10.6 Å². The van der Waals surface area contributed by atoms with Gasteiger partial charge in [0, 0.05) is 29.6 Å². The Hall–Kier alpha value is -2.85. The van der Waals surface area contributed by atoms with Crippen LogP contribution in [-0.2, 0) is 19.4 Å². The largest absolute Gasteiger partial charge is 0.334 e. The molecule has 0 radical (unpaired) electrons. The SMILES string of the molecule is O=C(NCc1ccc(Cl)cc1)Nc1ccc(CCCc2cccnc2)cc1. The van der Waals surface area contributed by atoms with Crippen molar-refractivity contribution in [3.8, 4) is 0 Å². The predicted octanol–water partition coefficient (Wildman–Crippen LogP) is 5.23. The highest BCUT2D eigenvalue weighted by atomic mass is 35.5. The Labute approximate surface area is 164 Å². The predicted molar refractivity (Wildman–Crippen MR) is 110 cm³/mol.